The van der Waals surface area contributed by atoms with Gasteiger partial charge in [0, 0.05) is 0 Å². The molecule has 1 aromatic carbocycles. The van der Waals surface area contributed by atoms with Gasteiger partial charge in [-0.3, -0.25) is 0 Å². The molecule has 0 bridgehead atoms. The Hall–Kier alpha value is -0.458. The Morgan fingerprint density at radius 2 is 1.56 bits per heavy atom. The van der Waals surface area contributed by atoms with E-state index in [1.807, 2.05) is 0 Å². The van der Waals surface area contributed by atoms with Crippen LogP contribution < -0.4 is 29.6 Å². The molecule has 0 aromatic heterocycles. The molecule has 0 aliphatic rings. The molecule has 0 atom stereocenters. The summed E-state index contributed by atoms with van der Waals surface area (Å²) in [5, 5.41) is 17.3. The number of para-hydroxylation sites is 1. The fourth-order valence-electron chi connectivity index (χ4n) is 0.654. The summed E-state index contributed by atoms with van der Waals surface area (Å²) in [6, 6.07) is 5.81. The van der Waals surface area contributed by atoms with Crippen molar-refractivity contribution in [1.29, 1.82) is 0 Å². The van der Waals surface area contributed by atoms with Gasteiger partial charge in [-0.15, -0.1) is 0 Å². The van der Waals surface area contributed by atoms with E-state index in [4.69, 9.17) is 26.1 Å². The molecule has 9 heteroatoms. The molecule has 0 saturated heterocycles. The monoisotopic (exact) mass is 280 g/mol. The minimum absolute atomic E-state index is 0. The molecular weight excluding hydrogens is 271 g/mol. The molecule has 0 saturated carbocycles. The third kappa shape index (κ3) is 10.1. The summed E-state index contributed by atoms with van der Waals surface area (Å²) in [5.74, 6) is -1.31. The van der Waals surface area contributed by atoms with Gasteiger partial charge < -0.3 is 11.6 Å². The predicted molar refractivity (Wildman–Crippen MR) is 42.0 cm³/mol. The van der Waals surface area contributed by atoms with Gasteiger partial charge in [0.05, 0.1) is 0 Å². The first-order chi connectivity index (χ1) is 6.72. The molecule has 7 nitrogen and oxygen atoms in total. The second-order valence-electron chi connectivity index (χ2n) is 2.27. The van der Waals surface area contributed by atoms with Crippen LogP contribution in [0.2, 0.25) is 0 Å². The summed E-state index contributed by atoms with van der Waals surface area (Å²) in [4.78, 5) is 10.3. The molecule has 1 aromatic rings. The van der Waals surface area contributed by atoms with Crippen LogP contribution >= 0.6 is 0 Å². The average molecular weight is 280 g/mol. The van der Waals surface area contributed by atoms with E-state index in [-0.39, 0.29) is 42.3 Å². The zero-order valence-corrected chi connectivity index (χ0v) is 11.5. The van der Waals surface area contributed by atoms with Crippen molar-refractivity contribution in [3.63, 3.8) is 0 Å². The minimum atomic E-state index is -5.25. The van der Waals surface area contributed by atoms with Crippen LogP contribution in [0.3, 0.4) is 0 Å². The zero-order valence-electron chi connectivity index (χ0n) is 9.23. The van der Waals surface area contributed by atoms with Crippen LogP contribution in [-0.2, 0) is 21.2 Å². The molecule has 4 N–H and O–H groups in total. The van der Waals surface area contributed by atoms with E-state index in [0.717, 1.165) is 0 Å². The summed E-state index contributed by atoms with van der Waals surface area (Å²) in [5.41, 5.74) is -0.0671. The topological polar surface area (TPSA) is 132 Å². The van der Waals surface area contributed by atoms with E-state index >= 15 is 0 Å². The van der Waals surface area contributed by atoms with Crippen molar-refractivity contribution in [2.45, 2.75) is 0 Å². The third-order valence-corrected chi connectivity index (χ3v) is 1.13. The Labute approximate surface area is 117 Å². The number of benzene rings is 1. The summed E-state index contributed by atoms with van der Waals surface area (Å²) >= 11 is -5.25. The van der Waals surface area contributed by atoms with E-state index in [1.165, 1.54) is 12.1 Å². The number of carbonyl (C=O) groups is 1. The van der Waals surface area contributed by atoms with Crippen LogP contribution in [0.4, 0.5) is 0 Å². The number of carboxylic acids is 1. The molecule has 0 aliphatic heterocycles. The molecular formula is C7H9CrNaO7. The standard InChI is InChI=1S/C7H6O3.Cr.Na.2H2O.2O.H/c8-6-4-2-1-3-5(6)7(9)10;;;;;;;/h1-4,8H,(H,9,10);;;2*1H2;;;/q;+2;+1;;;;;-1/p-2. The second kappa shape index (κ2) is 7.76. The van der Waals surface area contributed by atoms with Gasteiger partial charge in [0.1, 0.15) is 11.3 Å². The molecule has 86 valence electrons. The van der Waals surface area contributed by atoms with Crippen LogP contribution in [0.1, 0.15) is 11.8 Å². The van der Waals surface area contributed by atoms with Gasteiger partial charge in [0.15, 0.2) is 0 Å². The summed E-state index contributed by atoms with van der Waals surface area (Å²) in [6.45, 7) is 0. The van der Waals surface area contributed by atoms with Crippen molar-refractivity contribution < 1.29 is 75.5 Å². The molecule has 0 radical (unpaired) electrons. The molecule has 0 spiro atoms. The van der Waals surface area contributed by atoms with Crippen LogP contribution in [0.5, 0.6) is 5.75 Å². The number of phenols is 1. The molecule has 0 aliphatic carbocycles. The van der Waals surface area contributed by atoms with Gasteiger partial charge in [-0.1, -0.05) is 12.1 Å². The Kier molecular flexibility index (Phi) is 8.69. The Morgan fingerprint density at radius 3 is 1.81 bits per heavy atom. The molecule has 0 amide bonds. The van der Waals surface area contributed by atoms with Crippen LogP contribution in [-0.4, -0.2) is 24.5 Å². The molecule has 0 fully saturated rings. The van der Waals surface area contributed by atoms with Crippen LogP contribution in [0.15, 0.2) is 24.3 Å². The predicted octanol–water partition coefficient (Wildman–Crippen LogP) is -3.15. The summed E-state index contributed by atoms with van der Waals surface area (Å²) in [7, 11) is 0. The van der Waals surface area contributed by atoms with Gasteiger partial charge >= 0.3 is 65.1 Å². The number of hydrogen-bond donors (Lipinski definition) is 4. The second-order valence-corrected chi connectivity index (χ2v) is 3.67. The van der Waals surface area contributed by atoms with E-state index in [0.29, 0.717) is 0 Å². The Balaban J connectivity index is -0.000000247. The van der Waals surface area contributed by atoms with Gasteiger partial charge in [0.2, 0.25) is 0 Å². The van der Waals surface area contributed by atoms with E-state index in [2.05, 4.69) is 0 Å². The molecule has 1 rings (SSSR count). The van der Waals surface area contributed by atoms with Gasteiger partial charge in [0.25, 0.3) is 0 Å². The fourth-order valence-corrected chi connectivity index (χ4v) is 0.654. The first-order valence-corrected chi connectivity index (χ1v) is 5.61. The van der Waals surface area contributed by atoms with Crippen molar-refractivity contribution in [1.82, 2.24) is 0 Å². The summed E-state index contributed by atoms with van der Waals surface area (Å²) in [6.07, 6.45) is 0. The number of rotatable bonds is 1. The van der Waals surface area contributed by atoms with Crippen molar-refractivity contribution in [3.05, 3.63) is 29.8 Å². The Morgan fingerprint density at radius 1 is 1.19 bits per heavy atom. The van der Waals surface area contributed by atoms with Crippen LogP contribution in [0.25, 0.3) is 0 Å². The van der Waals surface area contributed by atoms with E-state index in [1.54, 1.807) is 12.1 Å². The number of aromatic carboxylic acids is 1. The SMILES string of the molecule is O=C(O)c1ccccc1O.[H-].[Na+].[O]=[Cr](=[O])([OH])[OH]. The quantitative estimate of drug-likeness (QED) is 0.399. The number of carboxylic acid groups (broad SMARTS) is 1. The number of aromatic hydroxyl groups is 1. The first-order valence-electron chi connectivity index (χ1n) is 3.43. The Bertz CT molecular complexity index is 439. The maximum atomic E-state index is 10.3. The maximum absolute atomic E-state index is 10.3. The normalized spacial score (nSPS) is 9.38. The molecule has 16 heavy (non-hydrogen) atoms. The number of hydrogen-bond acceptors (Lipinski definition) is 4. The molecule has 0 unspecified atom stereocenters. The van der Waals surface area contributed by atoms with E-state index < -0.39 is 19.6 Å². The zero-order chi connectivity index (χ0) is 12.1. The van der Waals surface area contributed by atoms with Crippen molar-refractivity contribution in [2.24, 2.45) is 0 Å². The fraction of sp³-hybridized carbons (Fsp3) is 0. The van der Waals surface area contributed by atoms with E-state index in [9.17, 15) is 4.79 Å². The van der Waals surface area contributed by atoms with Crippen molar-refractivity contribution in [3.8, 4) is 5.75 Å². The summed E-state index contributed by atoms with van der Waals surface area (Å²) < 4.78 is 31.9. The van der Waals surface area contributed by atoms with Crippen molar-refractivity contribution >= 4 is 5.97 Å². The van der Waals surface area contributed by atoms with Crippen LogP contribution in [0, 0.1) is 0 Å². The average Bonchev–Trinajstić information content (AvgIpc) is 2.01. The van der Waals surface area contributed by atoms with Crippen molar-refractivity contribution in [2.75, 3.05) is 0 Å². The van der Waals surface area contributed by atoms with Gasteiger partial charge in [-0.25, -0.2) is 4.79 Å². The first kappa shape index (κ1) is 17.9. The van der Waals surface area contributed by atoms with Gasteiger partial charge in [-0.05, 0) is 12.1 Å². The third-order valence-electron chi connectivity index (χ3n) is 1.13. The van der Waals surface area contributed by atoms with Gasteiger partial charge in [-0.2, -0.15) is 0 Å². The molecule has 0 heterocycles.